The molecule has 16 heavy (non-hydrogen) atoms. The summed E-state index contributed by atoms with van der Waals surface area (Å²) < 4.78 is 5.00. The van der Waals surface area contributed by atoms with Crippen molar-refractivity contribution in [3.05, 3.63) is 23.2 Å². The van der Waals surface area contributed by atoms with E-state index in [1.165, 1.54) is 0 Å². The minimum Gasteiger partial charge on any atom is -0.497 e. The minimum atomic E-state index is -0.169. The SMILES string of the molecule is COc1ccc(NC(=O)CC(C)N)c(Cl)c1. The molecule has 5 heteroatoms. The highest BCUT2D eigenvalue weighted by molar-refractivity contribution is 6.33. The van der Waals surface area contributed by atoms with Gasteiger partial charge in [0, 0.05) is 18.5 Å². The standard InChI is InChI=1S/C11H15ClN2O2/c1-7(13)5-11(15)14-10-4-3-8(16-2)6-9(10)12/h3-4,6-7H,5,13H2,1-2H3,(H,14,15). The third-order valence-electron chi connectivity index (χ3n) is 1.96. The number of nitrogens with two attached hydrogens (primary N) is 1. The molecule has 0 saturated heterocycles. The Labute approximate surface area is 99.7 Å². The minimum absolute atomic E-state index is 0.151. The number of carbonyl (C=O) groups is 1. The third kappa shape index (κ3) is 3.72. The molecule has 1 rings (SSSR count). The van der Waals surface area contributed by atoms with E-state index in [-0.39, 0.29) is 18.4 Å². The quantitative estimate of drug-likeness (QED) is 0.849. The van der Waals surface area contributed by atoms with Gasteiger partial charge in [0.05, 0.1) is 17.8 Å². The van der Waals surface area contributed by atoms with Crippen LogP contribution in [0, 0.1) is 0 Å². The molecule has 0 fully saturated rings. The van der Waals surface area contributed by atoms with Gasteiger partial charge in [-0.3, -0.25) is 4.79 Å². The number of benzene rings is 1. The normalized spacial score (nSPS) is 12.0. The van der Waals surface area contributed by atoms with Gasteiger partial charge in [-0.1, -0.05) is 11.6 Å². The zero-order valence-corrected chi connectivity index (χ0v) is 10.0. The highest BCUT2D eigenvalue weighted by Gasteiger charge is 2.08. The number of carbonyl (C=O) groups excluding carboxylic acids is 1. The van der Waals surface area contributed by atoms with Gasteiger partial charge in [-0.2, -0.15) is 0 Å². The Hall–Kier alpha value is -1.26. The number of halogens is 1. The highest BCUT2D eigenvalue weighted by atomic mass is 35.5. The van der Waals surface area contributed by atoms with E-state index in [1.54, 1.807) is 32.2 Å². The number of hydrogen-bond acceptors (Lipinski definition) is 3. The molecule has 0 heterocycles. The van der Waals surface area contributed by atoms with Gasteiger partial charge in [-0.15, -0.1) is 0 Å². The summed E-state index contributed by atoms with van der Waals surface area (Å²) in [4.78, 5) is 11.4. The van der Waals surface area contributed by atoms with Gasteiger partial charge in [-0.05, 0) is 19.1 Å². The molecular formula is C11H15ClN2O2. The fourth-order valence-electron chi connectivity index (χ4n) is 1.22. The summed E-state index contributed by atoms with van der Waals surface area (Å²) in [6, 6.07) is 4.90. The van der Waals surface area contributed by atoms with E-state index in [9.17, 15) is 4.79 Å². The molecular weight excluding hydrogens is 228 g/mol. The summed E-state index contributed by atoms with van der Waals surface area (Å²) in [5.41, 5.74) is 6.08. The second-order valence-corrected chi connectivity index (χ2v) is 3.98. The first-order valence-corrected chi connectivity index (χ1v) is 5.29. The lowest BCUT2D eigenvalue weighted by atomic mass is 10.2. The van der Waals surface area contributed by atoms with Crippen LogP contribution < -0.4 is 15.8 Å². The van der Waals surface area contributed by atoms with Crippen LogP contribution in [0.5, 0.6) is 5.75 Å². The Morgan fingerprint density at radius 3 is 2.81 bits per heavy atom. The molecule has 3 N–H and O–H groups in total. The molecule has 0 aliphatic carbocycles. The van der Waals surface area contributed by atoms with Crippen LogP contribution in [0.3, 0.4) is 0 Å². The number of amides is 1. The zero-order valence-electron chi connectivity index (χ0n) is 9.29. The maximum atomic E-state index is 11.4. The van der Waals surface area contributed by atoms with Crippen molar-refractivity contribution < 1.29 is 9.53 Å². The Kier molecular flexibility index (Phi) is 4.58. The van der Waals surface area contributed by atoms with E-state index in [0.717, 1.165) is 0 Å². The molecule has 0 aromatic heterocycles. The van der Waals surface area contributed by atoms with Gasteiger partial charge in [0.15, 0.2) is 0 Å². The van der Waals surface area contributed by atoms with Gasteiger partial charge in [0.25, 0.3) is 0 Å². The number of hydrogen-bond donors (Lipinski definition) is 2. The molecule has 1 unspecified atom stereocenters. The van der Waals surface area contributed by atoms with Crippen LogP contribution in [-0.4, -0.2) is 19.1 Å². The van der Waals surface area contributed by atoms with Crippen molar-refractivity contribution in [1.82, 2.24) is 0 Å². The van der Waals surface area contributed by atoms with E-state index in [2.05, 4.69) is 5.32 Å². The van der Waals surface area contributed by atoms with Gasteiger partial charge in [0.2, 0.25) is 5.91 Å². The summed E-state index contributed by atoms with van der Waals surface area (Å²) in [5.74, 6) is 0.497. The van der Waals surface area contributed by atoms with Gasteiger partial charge in [-0.25, -0.2) is 0 Å². The highest BCUT2D eigenvalue weighted by Crippen LogP contribution is 2.26. The number of ether oxygens (including phenoxy) is 1. The number of methoxy groups -OCH3 is 1. The van der Waals surface area contributed by atoms with Gasteiger partial charge in [0.1, 0.15) is 5.75 Å². The fraction of sp³-hybridized carbons (Fsp3) is 0.364. The first-order valence-electron chi connectivity index (χ1n) is 4.92. The van der Waals surface area contributed by atoms with Crippen LogP contribution in [-0.2, 0) is 4.79 Å². The second-order valence-electron chi connectivity index (χ2n) is 3.58. The summed E-state index contributed by atoms with van der Waals surface area (Å²) in [7, 11) is 1.56. The van der Waals surface area contributed by atoms with Gasteiger partial charge >= 0.3 is 0 Å². The molecule has 0 saturated carbocycles. The molecule has 4 nitrogen and oxygen atoms in total. The molecule has 0 radical (unpaired) electrons. The monoisotopic (exact) mass is 242 g/mol. The summed E-state index contributed by atoms with van der Waals surface area (Å²) in [5, 5.41) is 3.13. The number of rotatable bonds is 4. The first kappa shape index (κ1) is 12.8. The molecule has 0 aliphatic heterocycles. The van der Waals surface area contributed by atoms with E-state index >= 15 is 0 Å². The molecule has 1 aromatic rings. The average molecular weight is 243 g/mol. The van der Waals surface area contributed by atoms with E-state index in [4.69, 9.17) is 22.1 Å². The maximum absolute atomic E-state index is 11.4. The van der Waals surface area contributed by atoms with Crippen LogP contribution >= 0.6 is 11.6 Å². The van der Waals surface area contributed by atoms with Crippen LogP contribution in [0.15, 0.2) is 18.2 Å². The molecule has 0 aliphatic rings. The van der Waals surface area contributed by atoms with Crippen molar-refractivity contribution in [3.63, 3.8) is 0 Å². The largest absolute Gasteiger partial charge is 0.497 e. The smallest absolute Gasteiger partial charge is 0.225 e. The van der Waals surface area contributed by atoms with Crippen molar-refractivity contribution in [2.45, 2.75) is 19.4 Å². The molecule has 0 bridgehead atoms. The van der Waals surface area contributed by atoms with E-state index in [0.29, 0.717) is 16.5 Å². The molecule has 1 aromatic carbocycles. The predicted octanol–water partition coefficient (Wildman–Crippen LogP) is 2.02. The summed E-state index contributed by atoms with van der Waals surface area (Å²) in [6.07, 6.45) is 0.266. The second kappa shape index (κ2) is 5.72. The molecule has 1 amide bonds. The van der Waals surface area contributed by atoms with Crippen LogP contribution in [0.2, 0.25) is 5.02 Å². The van der Waals surface area contributed by atoms with Crippen LogP contribution in [0.4, 0.5) is 5.69 Å². The van der Waals surface area contributed by atoms with E-state index < -0.39 is 0 Å². The Bertz CT molecular complexity index is 380. The van der Waals surface area contributed by atoms with Crippen molar-refractivity contribution in [2.75, 3.05) is 12.4 Å². The lowest BCUT2D eigenvalue weighted by Crippen LogP contribution is -2.24. The third-order valence-corrected chi connectivity index (χ3v) is 2.27. The van der Waals surface area contributed by atoms with Crippen molar-refractivity contribution in [1.29, 1.82) is 0 Å². The summed E-state index contributed by atoms with van der Waals surface area (Å²) in [6.45, 7) is 1.77. The van der Waals surface area contributed by atoms with Crippen molar-refractivity contribution in [3.8, 4) is 5.75 Å². The molecule has 88 valence electrons. The molecule has 0 spiro atoms. The average Bonchev–Trinajstić information content (AvgIpc) is 2.19. The topological polar surface area (TPSA) is 64.3 Å². The Balaban J connectivity index is 2.70. The zero-order chi connectivity index (χ0) is 12.1. The lowest BCUT2D eigenvalue weighted by molar-refractivity contribution is -0.116. The van der Waals surface area contributed by atoms with E-state index in [1.807, 2.05) is 0 Å². The predicted molar refractivity (Wildman–Crippen MR) is 64.9 cm³/mol. The molecule has 1 atom stereocenters. The van der Waals surface area contributed by atoms with Crippen LogP contribution in [0.1, 0.15) is 13.3 Å². The van der Waals surface area contributed by atoms with Crippen molar-refractivity contribution >= 4 is 23.2 Å². The first-order chi connectivity index (χ1) is 7.52. The number of anilines is 1. The van der Waals surface area contributed by atoms with Gasteiger partial charge < -0.3 is 15.8 Å². The summed E-state index contributed by atoms with van der Waals surface area (Å²) >= 11 is 5.96. The van der Waals surface area contributed by atoms with Crippen molar-refractivity contribution in [2.24, 2.45) is 5.73 Å². The lowest BCUT2D eigenvalue weighted by Gasteiger charge is -2.09. The Morgan fingerprint density at radius 2 is 2.31 bits per heavy atom. The number of nitrogens with one attached hydrogen (secondary N) is 1. The Morgan fingerprint density at radius 1 is 1.62 bits per heavy atom. The maximum Gasteiger partial charge on any atom is 0.225 e. The fourth-order valence-corrected chi connectivity index (χ4v) is 1.44. The van der Waals surface area contributed by atoms with Crippen LogP contribution in [0.25, 0.3) is 0 Å².